The van der Waals surface area contributed by atoms with Crippen molar-refractivity contribution in [2.75, 3.05) is 69.9 Å². The number of benzene rings is 1. The lowest BCUT2D eigenvalue weighted by atomic mass is 10.1. The number of rotatable bonds is 9. The third kappa shape index (κ3) is 6.31. The Labute approximate surface area is 219 Å². The molecule has 1 aromatic carbocycles. The van der Waals surface area contributed by atoms with E-state index in [0.717, 1.165) is 35.8 Å². The molecule has 4 rings (SSSR count). The van der Waals surface area contributed by atoms with E-state index in [1.165, 1.54) is 0 Å². The predicted molar refractivity (Wildman–Crippen MR) is 144 cm³/mol. The fraction of sp³-hybridized carbons (Fsp3) is 0.593. The molecular weight excluding hydrogens is 472 g/mol. The lowest BCUT2D eigenvalue weighted by Gasteiger charge is -2.41. The highest BCUT2D eigenvalue weighted by Crippen LogP contribution is 2.33. The molecule has 37 heavy (non-hydrogen) atoms. The van der Waals surface area contributed by atoms with Crippen LogP contribution in [0.4, 0.5) is 11.6 Å². The molecule has 2 aliphatic heterocycles. The van der Waals surface area contributed by atoms with Gasteiger partial charge in [-0.15, -0.1) is 0 Å². The van der Waals surface area contributed by atoms with Crippen molar-refractivity contribution in [3.8, 4) is 17.1 Å². The van der Waals surface area contributed by atoms with Crippen LogP contribution in [0.1, 0.15) is 25.8 Å². The van der Waals surface area contributed by atoms with Gasteiger partial charge in [-0.3, -0.25) is 4.79 Å². The van der Waals surface area contributed by atoms with Gasteiger partial charge < -0.3 is 34.6 Å². The lowest BCUT2D eigenvalue weighted by molar-refractivity contribution is -0.131. The van der Waals surface area contributed by atoms with Gasteiger partial charge >= 0.3 is 0 Å². The van der Waals surface area contributed by atoms with Gasteiger partial charge in [-0.1, -0.05) is 12.1 Å². The van der Waals surface area contributed by atoms with Gasteiger partial charge in [0, 0.05) is 63.9 Å². The smallest absolute Gasteiger partial charge is 0.219 e. The van der Waals surface area contributed by atoms with Crippen LogP contribution in [0.5, 0.6) is 5.75 Å². The predicted octanol–water partition coefficient (Wildman–Crippen LogP) is 1.69. The molecular formula is C27H40N6O4. The number of ether oxygens (including phenoxy) is 2. The summed E-state index contributed by atoms with van der Waals surface area (Å²) in [6, 6.07) is 8.03. The Morgan fingerprint density at radius 1 is 1.35 bits per heavy atom. The number of aromatic nitrogens is 2. The van der Waals surface area contributed by atoms with Crippen LogP contribution in [0.2, 0.25) is 0 Å². The molecule has 3 atom stereocenters. The van der Waals surface area contributed by atoms with E-state index in [2.05, 4.69) is 36.0 Å². The first-order valence-electron chi connectivity index (χ1n) is 13.1. The van der Waals surface area contributed by atoms with E-state index < -0.39 is 6.10 Å². The zero-order valence-electron chi connectivity index (χ0n) is 22.6. The number of nitrogens with one attached hydrogen (secondary N) is 1. The standard InChI is InChI=1S/C27H40N6O4/c1-18-15-32(10-11-33(18)20(3)34)27-19(2)26(31(5)22-9-12-36-16-22)29-25(30-27)21-7-6-8-24(13-21)37-17-23(35)14-28-4/h6-8,13,18,22-23,28,35H,9-12,14-17H2,1-5H3. The van der Waals surface area contributed by atoms with E-state index >= 15 is 0 Å². The van der Waals surface area contributed by atoms with Crippen molar-refractivity contribution >= 4 is 17.5 Å². The van der Waals surface area contributed by atoms with Gasteiger partial charge in [0.15, 0.2) is 5.82 Å². The number of nitrogens with zero attached hydrogens (tertiary/aromatic N) is 5. The molecule has 2 aromatic rings. The Balaban J connectivity index is 1.68. The van der Waals surface area contributed by atoms with E-state index in [1.54, 1.807) is 14.0 Å². The van der Waals surface area contributed by atoms with Gasteiger partial charge in [-0.05, 0) is 39.4 Å². The molecule has 202 valence electrons. The van der Waals surface area contributed by atoms with Gasteiger partial charge in [0.25, 0.3) is 0 Å². The topological polar surface area (TPSA) is 103 Å². The quantitative estimate of drug-likeness (QED) is 0.520. The van der Waals surface area contributed by atoms with Crippen LogP contribution in [-0.2, 0) is 9.53 Å². The van der Waals surface area contributed by atoms with Crippen molar-refractivity contribution in [3.05, 3.63) is 29.8 Å². The summed E-state index contributed by atoms with van der Waals surface area (Å²) in [5.41, 5.74) is 1.86. The summed E-state index contributed by atoms with van der Waals surface area (Å²) in [7, 11) is 3.87. The molecule has 1 aromatic heterocycles. The van der Waals surface area contributed by atoms with Crippen LogP contribution < -0.4 is 19.9 Å². The normalized spacial score (nSPS) is 20.7. The Kier molecular flexibility index (Phi) is 8.83. The fourth-order valence-corrected chi connectivity index (χ4v) is 5.10. The van der Waals surface area contributed by atoms with E-state index in [-0.39, 0.29) is 24.6 Å². The monoisotopic (exact) mass is 512 g/mol. The summed E-state index contributed by atoms with van der Waals surface area (Å²) in [5.74, 6) is 3.14. The maximum absolute atomic E-state index is 12.0. The number of aliphatic hydroxyl groups is 1. The number of hydrogen-bond acceptors (Lipinski definition) is 9. The molecule has 3 heterocycles. The molecule has 10 heteroatoms. The van der Waals surface area contributed by atoms with Crippen molar-refractivity contribution in [1.29, 1.82) is 0 Å². The highest BCUT2D eigenvalue weighted by molar-refractivity contribution is 5.74. The van der Waals surface area contributed by atoms with Crippen LogP contribution in [-0.4, -0.2) is 104 Å². The average molecular weight is 513 g/mol. The van der Waals surface area contributed by atoms with Crippen molar-refractivity contribution in [2.45, 2.75) is 45.4 Å². The van der Waals surface area contributed by atoms with Crippen molar-refractivity contribution in [2.24, 2.45) is 0 Å². The summed E-state index contributed by atoms with van der Waals surface area (Å²) in [5, 5.41) is 13.0. The second kappa shape index (κ2) is 12.1. The highest BCUT2D eigenvalue weighted by atomic mass is 16.5. The summed E-state index contributed by atoms with van der Waals surface area (Å²) >= 11 is 0. The number of hydrogen-bond donors (Lipinski definition) is 2. The van der Waals surface area contributed by atoms with Gasteiger partial charge in [0.05, 0.1) is 12.6 Å². The van der Waals surface area contributed by atoms with E-state index in [9.17, 15) is 9.90 Å². The number of carbonyl (C=O) groups excluding carboxylic acids is 1. The minimum Gasteiger partial charge on any atom is -0.491 e. The van der Waals surface area contributed by atoms with Crippen LogP contribution in [0.3, 0.4) is 0 Å². The van der Waals surface area contributed by atoms with Gasteiger partial charge in [-0.25, -0.2) is 9.97 Å². The second-order valence-electron chi connectivity index (χ2n) is 10.0. The van der Waals surface area contributed by atoms with Crippen molar-refractivity contribution in [3.63, 3.8) is 0 Å². The Morgan fingerprint density at radius 3 is 2.84 bits per heavy atom. The molecule has 0 spiro atoms. The van der Waals surface area contributed by atoms with Crippen molar-refractivity contribution in [1.82, 2.24) is 20.2 Å². The minimum absolute atomic E-state index is 0.0919. The number of piperazine rings is 1. The summed E-state index contributed by atoms with van der Waals surface area (Å²) in [6.45, 7) is 9.95. The van der Waals surface area contributed by atoms with Crippen molar-refractivity contribution < 1.29 is 19.4 Å². The summed E-state index contributed by atoms with van der Waals surface area (Å²) in [4.78, 5) is 28.5. The average Bonchev–Trinajstić information content (AvgIpc) is 3.42. The molecule has 2 fully saturated rings. The molecule has 2 aliphatic rings. The number of amides is 1. The lowest BCUT2D eigenvalue weighted by Crippen LogP contribution is -2.54. The summed E-state index contributed by atoms with van der Waals surface area (Å²) in [6.07, 6.45) is 0.359. The molecule has 3 unspecified atom stereocenters. The van der Waals surface area contributed by atoms with E-state index in [1.807, 2.05) is 29.2 Å². The maximum atomic E-state index is 12.0. The Bertz CT molecular complexity index is 1080. The zero-order valence-corrected chi connectivity index (χ0v) is 22.6. The number of anilines is 2. The Morgan fingerprint density at radius 2 is 2.16 bits per heavy atom. The molecule has 1 amide bonds. The van der Waals surface area contributed by atoms with Crippen LogP contribution in [0, 0.1) is 6.92 Å². The minimum atomic E-state index is -0.597. The second-order valence-corrected chi connectivity index (χ2v) is 10.0. The fourth-order valence-electron chi connectivity index (χ4n) is 5.10. The van der Waals surface area contributed by atoms with Gasteiger partial charge in [0.2, 0.25) is 5.91 Å². The number of likely N-dealkylation sites (N-methyl/N-ethyl adjacent to an activating group) is 2. The van der Waals surface area contributed by atoms with E-state index in [4.69, 9.17) is 19.4 Å². The number of aliphatic hydroxyl groups excluding tert-OH is 1. The van der Waals surface area contributed by atoms with E-state index in [0.29, 0.717) is 44.4 Å². The highest BCUT2D eigenvalue weighted by Gasteiger charge is 2.30. The molecule has 2 N–H and O–H groups in total. The first-order chi connectivity index (χ1) is 17.8. The molecule has 0 saturated carbocycles. The molecule has 0 radical (unpaired) electrons. The SMILES string of the molecule is CNCC(O)COc1cccc(-c2nc(N3CCN(C(C)=O)C(C)C3)c(C)c(N(C)C3CCOC3)n2)c1. The zero-order chi connectivity index (χ0) is 26.5. The molecule has 10 nitrogen and oxygen atoms in total. The largest absolute Gasteiger partial charge is 0.491 e. The van der Waals surface area contributed by atoms with Gasteiger partial charge in [-0.2, -0.15) is 0 Å². The number of carbonyl (C=O) groups is 1. The molecule has 2 saturated heterocycles. The third-order valence-corrected chi connectivity index (χ3v) is 7.19. The van der Waals surface area contributed by atoms with Gasteiger partial charge in [0.1, 0.15) is 30.1 Å². The van der Waals surface area contributed by atoms with Crippen LogP contribution in [0.15, 0.2) is 24.3 Å². The third-order valence-electron chi connectivity index (χ3n) is 7.19. The first-order valence-corrected chi connectivity index (χ1v) is 13.1. The Hall–Kier alpha value is -2.95. The molecule has 0 bridgehead atoms. The van der Waals surface area contributed by atoms with Crippen LogP contribution >= 0.6 is 0 Å². The summed E-state index contributed by atoms with van der Waals surface area (Å²) < 4.78 is 11.5. The molecule has 0 aliphatic carbocycles. The first kappa shape index (κ1) is 27.1. The van der Waals surface area contributed by atoms with Crippen LogP contribution in [0.25, 0.3) is 11.4 Å². The maximum Gasteiger partial charge on any atom is 0.219 e.